The van der Waals surface area contributed by atoms with E-state index in [1.807, 2.05) is 0 Å². The molecule has 3 heteroatoms. The van der Waals surface area contributed by atoms with Crippen LogP contribution in [-0.4, -0.2) is 5.11 Å². The number of hydrogen-bond acceptors (Lipinski definition) is 2. The lowest BCUT2D eigenvalue weighted by Gasteiger charge is -1.73. The highest BCUT2D eigenvalue weighted by molar-refractivity contribution is 5.07. The number of diazo groups is 1. The van der Waals surface area contributed by atoms with E-state index in [1.165, 1.54) is 13.8 Å². The predicted molar refractivity (Wildman–Crippen MR) is 26.1 cm³/mol. The molecule has 0 spiro atoms. The molecule has 0 fully saturated rings. The van der Waals surface area contributed by atoms with Gasteiger partial charge in [0.1, 0.15) is 0 Å². The molecule has 0 atom stereocenters. The molecule has 0 unspecified atom stereocenters. The van der Waals surface area contributed by atoms with Gasteiger partial charge in [-0.25, -0.2) is 0 Å². The summed E-state index contributed by atoms with van der Waals surface area (Å²) in [4.78, 5) is 2.72. The highest BCUT2D eigenvalue weighted by atomic mass is 16.3. The summed E-state index contributed by atoms with van der Waals surface area (Å²) in [6, 6.07) is 0. The molecule has 0 aromatic rings. The van der Waals surface area contributed by atoms with Crippen molar-refractivity contribution in [1.82, 2.24) is 0 Å². The van der Waals surface area contributed by atoms with Gasteiger partial charge in [0.15, 0.2) is 10.7 Å². The zero-order valence-corrected chi connectivity index (χ0v) is 4.34. The van der Waals surface area contributed by atoms with Crippen LogP contribution < -0.4 is 0 Å². The van der Waals surface area contributed by atoms with Crippen LogP contribution in [0.3, 0.4) is 0 Å². The third-order valence-corrected chi connectivity index (χ3v) is 0.674. The molecule has 0 radical (unpaired) electrons. The minimum Gasteiger partial charge on any atom is -0.505 e. The van der Waals surface area contributed by atoms with E-state index in [2.05, 4.69) is 4.98 Å². The first kappa shape index (κ1) is 5.96. The summed E-state index contributed by atoms with van der Waals surface area (Å²) >= 11 is 0. The molecule has 0 aliphatic heterocycles. The van der Waals surface area contributed by atoms with E-state index in [0.29, 0.717) is 0 Å². The van der Waals surface area contributed by atoms with Gasteiger partial charge in [0.25, 0.3) is 0 Å². The summed E-state index contributed by atoms with van der Waals surface area (Å²) in [6.07, 6.45) is 0. The number of aliphatic hydroxyl groups is 1. The molecule has 7 heavy (non-hydrogen) atoms. The molecule has 0 heterocycles. The van der Waals surface area contributed by atoms with Crippen molar-refractivity contribution in [3.8, 4) is 0 Å². The second kappa shape index (κ2) is 2.19. The molecule has 3 nitrogen and oxygen atoms in total. The number of allylic oxidation sites excluding steroid dienone is 2. The van der Waals surface area contributed by atoms with Crippen molar-refractivity contribution in [2.45, 2.75) is 13.8 Å². The second-order valence-electron chi connectivity index (χ2n) is 1.27. The molecular formula is C4H7N2O+. The van der Waals surface area contributed by atoms with Crippen LogP contribution in [0.5, 0.6) is 0 Å². The van der Waals surface area contributed by atoms with Crippen molar-refractivity contribution >= 4 is 0 Å². The highest BCUT2D eigenvalue weighted by Crippen LogP contribution is 1.97. The first-order chi connectivity index (χ1) is 3.18. The Labute approximate surface area is 41.9 Å². The standard InChI is InChI=1S/C4H6N2O/c1-3(6-5)4(2)7/h1-2H3/p+1/b4-3+. The van der Waals surface area contributed by atoms with E-state index in [9.17, 15) is 0 Å². The van der Waals surface area contributed by atoms with Crippen molar-refractivity contribution in [2.75, 3.05) is 0 Å². The zero-order chi connectivity index (χ0) is 5.86. The fraction of sp³-hybridized carbons (Fsp3) is 0.500. The van der Waals surface area contributed by atoms with E-state index in [1.54, 1.807) is 0 Å². The maximum atomic E-state index is 8.45. The summed E-state index contributed by atoms with van der Waals surface area (Å²) in [6.45, 7) is 2.96. The summed E-state index contributed by atoms with van der Waals surface area (Å²) in [7, 11) is 0. The summed E-state index contributed by atoms with van der Waals surface area (Å²) in [5.74, 6) is 0.0440. The normalized spacial score (nSPS) is 12.1. The maximum Gasteiger partial charge on any atom is 0.395 e. The molecule has 38 valence electrons. The van der Waals surface area contributed by atoms with E-state index >= 15 is 0 Å². The SMILES string of the molecule is C/C(O)=C(/C)[N+]#N. The van der Waals surface area contributed by atoms with Crippen LogP contribution in [0.25, 0.3) is 4.98 Å². The Morgan fingerprint density at radius 3 is 2.00 bits per heavy atom. The Morgan fingerprint density at radius 2 is 2.00 bits per heavy atom. The van der Waals surface area contributed by atoms with Gasteiger partial charge in [-0.1, -0.05) is 0 Å². The van der Waals surface area contributed by atoms with Gasteiger partial charge in [0.2, 0.25) is 5.39 Å². The van der Waals surface area contributed by atoms with Crippen molar-refractivity contribution in [1.29, 1.82) is 5.39 Å². The lowest BCUT2D eigenvalue weighted by Crippen LogP contribution is -1.72. The second-order valence-corrected chi connectivity index (χ2v) is 1.27. The van der Waals surface area contributed by atoms with Gasteiger partial charge in [-0.05, 0) is 0 Å². The summed E-state index contributed by atoms with van der Waals surface area (Å²) in [5, 5.41) is 16.4. The monoisotopic (exact) mass is 99.1 g/mol. The number of aliphatic hydroxyl groups excluding tert-OH is 1. The van der Waals surface area contributed by atoms with E-state index < -0.39 is 0 Å². The Morgan fingerprint density at radius 1 is 1.57 bits per heavy atom. The smallest absolute Gasteiger partial charge is 0.395 e. The van der Waals surface area contributed by atoms with Crippen LogP contribution in [0.4, 0.5) is 0 Å². The minimum atomic E-state index is 0.0440. The maximum absolute atomic E-state index is 8.45. The molecule has 0 bridgehead atoms. The van der Waals surface area contributed by atoms with E-state index in [4.69, 9.17) is 10.5 Å². The van der Waals surface area contributed by atoms with Crippen LogP contribution in [0.2, 0.25) is 0 Å². The quantitative estimate of drug-likeness (QED) is 0.370. The van der Waals surface area contributed by atoms with Crippen molar-refractivity contribution in [2.24, 2.45) is 0 Å². The first-order valence-corrected chi connectivity index (χ1v) is 1.90. The van der Waals surface area contributed by atoms with E-state index in [-0.39, 0.29) is 11.5 Å². The number of hydrogen-bond donors (Lipinski definition) is 1. The third-order valence-electron chi connectivity index (χ3n) is 0.674. The molecule has 0 rings (SSSR count). The van der Waals surface area contributed by atoms with Gasteiger partial charge < -0.3 is 5.11 Å². The lowest BCUT2D eigenvalue weighted by molar-refractivity contribution is 0.409. The predicted octanol–water partition coefficient (Wildman–Crippen LogP) is 1.65. The Hall–Kier alpha value is -1.04. The summed E-state index contributed by atoms with van der Waals surface area (Å²) < 4.78 is 0. The molecular weight excluding hydrogens is 92.1 g/mol. The first-order valence-electron chi connectivity index (χ1n) is 1.90. The highest BCUT2D eigenvalue weighted by Gasteiger charge is 2.03. The molecule has 0 aromatic carbocycles. The van der Waals surface area contributed by atoms with Gasteiger partial charge in [-0.2, -0.15) is 0 Å². The topological polar surface area (TPSA) is 48.4 Å². The zero-order valence-electron chi connectivity index (χ0n) is 4.34. The van der Waals surface area contributed by atoms with Gasteiger partial charge in [-0.3, -0.25) is 0 Å². The van der Waals surface area contributed by atoms with Crippen molar-refractivity contribution in [3.63, 3.8) is 0 Å². The molecule has 0 aliphatic carbocycles. The van der Waals surface area contributed by atoms with Gasteiger partial charge in [-0.15, -0.1) is 0 Å². The van der Waals surface area contributed by atoms with Gasteiger partial charge in [0, 0.05) is 13.8 Å². The van der Waals surface area contributed by atoms with E-state index in [0.717, 1.165) is 0 Å². The Kier molecular flexibility index (Phi) is 1.86. The summed E-state index contributed by atoms with van der Waals surface area (Å²) in [5.41, 5.74) is 0.250. The Balaban J connectivity index is 4.07. The molecule has 1 N–H and O–H groups in total. The van der Waals surface area contributed by atoms with Crippen LogP contribution in [0.1, 0.15) is 13.8 Å². The van der Waals surface area contributed by atoms with Crippen LogP contribution in [-0.2, 0) is 0 Å². The largest absolute Gasteiger partial charge is 0.505 e. The van der Waals surface area contributed by atoms with Crippen molar-refractivity contribution < 1.29 is 5.11 Å². The molecule has 0 aliphatic rings. The van der Waals surface area contributed by atoms with Crippen molar-refractivity contribution in [3.05, 3.63) is 16.4 Å². The third kappa shape index (κ3) is 1.77. The van der Waals surface area contributed by atoms with Crippen LogP contribution >= 0.6 is 0 Å². The fourth-order valence-electron chi connectivity index (χ4n) is 0.0724. The van der Waals surface area contributed by atoms with Crippen LogP contribution in [0, 0.1) is 5.39 Å². The molecule has 0 aromatic heterocycles. The van der Waals surface area contributed by atoms with Crippen LogP contribution in [0.15, 0.2) is 11.5 Å². The minimum absolute atomic E-state index is 0.0440. The molecule has 0 saturated carbocycles. The van der Waals surface area contributed by atoms with Gasteiger partial charge in [0.05, 0.1) is 0 Å². The average Bonchev–Trinajstić information content (AvgIpc) is 1.65. The average molecular weight is 99.1 g/mol. The lowest BCUT2D eigenvalue weighted by atomic mass is 10.4. The molecule has 0 saturated heterocycles. The Bertz CT molecular complexity index is 127. The number of rotatable bonds is 0. The molecule has 0 amide bonds. The number of nitrogens with zero attached hydrogens (tertiary/aromatic N) is 2. The van der Waals surface area contributed by atoms with Gasteiger partial charge >= 0.3 is 5.70 Å². The fourth-order valence-corrected chi connectivity index (χ4v) is 0.0724.